The van der Waals surface area contributed by atoms with Crippen LogP contribution in [-0.2, 0) is 35.4 Å². The molecule has 17 heavy (non-hydrogen) atoms. The maximum Gasteiger partial charge on any atom is 0.370 e. The molecule has 0 aromatic carbocycles. The fourth-order valence-corrected chi connectivity index (χ4v) is 10.6. The summed E-state index contributed by atoms with van der Waals surface area (Å²) >= 11 is 0. The molecule has 12 nitrogen and oxygen atoms in total. The lowest BCUT2D eigenvalue weighted by Gasteiger charge is -2.40. The average Bonchev–Trinajstić information content (AvgIpc) is 1.71. The normalized spacial score (nSPS) is 19.9. The Morgan fingerprint density at radius 2 is 1.29 bits per heavy atom. The summed E-state index contributed by atoms with van der Waals surface area (Å²) < 4.78 is 98.9. The van der Waals surface area contributed by atoms with E-state index in [1.165, 1.54) is 0 Å². The molecule has 0 aromatic rings. The molecule has 0 aliphatic heterocycles. The second-order valence-electron chi connectivity index (χ2n) is 3.03. The molecule has 8 N–H and O–H groups in total. The second kappa shape index (κ2) is 3.29. The summed E-state index contributed by atoms with van der Waals surface area (Å²) in [6.07, 6.45) is 0. The van der Waals surface area contributed by atoms with E-state index in [0.29, 0.717) is 0 Å². The van der Waals surface area contributed by atoms with Crippen LogP contribution in [0.1, 0.15) is 0 Å². The van der Waals surface area contributed by atoms with E-state index >= 15 is 0 Å². The molecule has 0 amide bonds. The number of rotatable bonds is 4. The maximum atomic E-state index is 11.2. The number of hydrogen-bond acceptors (Lipinski definition) is 6. The molecule has 0 atom stereocenters. The Kier molecular flexibility index (Phi) is 3.28. The molecule has 0 radical (unpaired) electrons. The van der Waals surface area contributed by atoms with Crippen LogP contribution in [-0.4, -0.2) is 48.5 Å². The monoisotopic (exact) mass is 338 g/mol. The van der Waals surface area contributed by atoms with E-state index in [9.17, 15) is 25.3 Å². The predicted molar refractivity (Wildman–Crippen MR) is 57.9 cm³/mol. The van der Waals surface area contributed by atoms with Gasteiger partial charge in [-0.05, 0) is 8.56 Å². The molecule has 16 heteroatoms. The van der Waals surface area contributed by atoms with Crippen LogP contribution in [0.3, 0.4) is 0 Å². The highest BCUT2D eigenvalue weighted by atomic mass is 33.2. The summed E-state index contributed by atoms with van der Waals surface area (Å²) in [5.41, 5.74) is 0. The third-order valence-corrected chi connectivity index (χ3v) is 13.8. The van der Waals surface area contributed by atoms with Gasteiger partial charge in [-0.15, -0.1) is 0 Å². The zero-order valence-corrected chi connectivity index (χ0v) is 11.0. The summed E-state index contributed by atoms with van der Waals surface area (Å²) in [5.74, 6) is 0. The lowest BCUT2D eigenvalue weighted by Crippen LogP contribution is -2.62. The Labute approximate surface area is 94.4 Å². The van der Waals surface area contributed by atoms with Gasteiger partial charge in [0.25, 0.3) is 0 Å². The number of nitrogens with two attached hydrogens (primary N) is 2. The van der Waals surface area contributed by atoms with Gasteiger partial charge in [-0.3, -0.25) is 18.2 Å². The van der Waals surface area contributed by atoms with Gasteiger partial charge in [0.15, 0.2) is 5.08 Å². The van der Waals surface area contributed by atoms with Crippen LogP contribution in [0.15, 0.2) is 0 Å². The third kappa shape index (κ3) is 3.05. The van der Waals surface area contributed by atoms with E-state index in [1.807, 2.05) is 0 Å². The van der Waals surface area contributed by atoms with Gasteiger partial charge < -0.3 is 0 Å². The zero-order valence-electron chi connectivity index (χ0n) is 7.73. The van der Waals surface area contributed by atoms with Crippen molar-refractivity contribution in [2.24, 2.45) is 10.3 Å². The fraction of sp³-hybridized carbons (Fsp3) is 1.00. The molecule has 0 saturated heterocycles. The van der Waals surface area contributed by atoms with Crippen molar-refractivity contribution in [3.8, 4) is 0 Å². The van der Waals surface area contributed by atoms with Crippen LogP contribution in [0.2, 0.25) is 0 Å². The Bertz CT molecular complexity index is 606. The van der Waals surface area contributed by atoms with Gasteiger partial charge in [-0.2, -0.15) is 21.0 Å². The molecule has 0 heterocycles. The van der Waals surface area contributed by atoms with Gasteiger partial charge in [0.05, 0.1) is 0 Å². The quantitative estimate of drug-likeness (QED) is 0.222. The van der Waals surface area contributed by atoms with Crippen LogP contribution in [0, 0.1) is 0 Å². The largest absolute Gasteiger partial charge is 0.370 e. The maximum absolute atomic E-state index is 11.2. The first-order chi connectivity index (χ1) is 6.76. The van der Waals surface area contributed by atoms with E-state index in [1.54, 1.807) is 0 Å². The van der Waals surface area contributed by atoms with E-state index in [4.69, 9.17) is 18.2 Å². The molecule has 0 aromatic heterocycles. The van der Waals surface area contributed by atoms with Crippen molar-refractivity contribution in [2.45, 2.75) is 0 Å². The molecular weight excluding hydrogens is 328 g/mol. The van der Waals surface area contributed by atoms with E-state index in [-0.39, 0.29) is 0 Å². The van der Waals surface area contributed by atoms with Crippen molar-refractivity contribution in [3.63, 3.8) is 0 Å². The molecule has 0 aliphatic rings. The van der Waals surface area contributed by atoms with Gasteiger partial charge in [-0.1, -0.05) is 0 Å². The van der Waals surface area contributed by atoms with E-state index in [2.05, 4.69) is 10.3 Å². The van der Waals surface area contributed by atoms with Crippen molar-refractivity contribution < 1.29 is 43.5 Å². The molecule has 108 valence electrons. The highest BCUT2D eigenvalue weighted by Crippen LogP contribution is 2.33. The second-order valence-corrected chi connectivity index (χ2v) is 16.6. The minimum absolute atomic E-state index is 2.80. The topological polar surface area (TPSA) is 235 Å². The van der Waals surface area contributed by atoms with Crippen molar-refractivity contribution in [1.82, 2.24) is 0 Å². The van der Waals surface area contributed by atoms with Crippen molar-refractivity contribution in [1.29, 1.82) is 0 Å². The number of hydrogen-bond donors (Lipinski definition) is 6. The summed E-state index contributed by atoms with van der Waals surface area (Å²) in [5, 5.41) is 5.70. The highest BCUT2D eigenvalue weighted by Gasteiger charge is 2.55. The van der Waals surface area contributed by atoms with Crippen LogP contribution >= 0.6 is 0 Å². The summed E-state index contributed by atoms with van der Waals surface area (Å²) in [7, 11) is -25.8. The molecular formula is CH10N2O10S4. The zero-order chi connectivity index (χ0) is 14.6. The standard InChI is InChI=1S/CH10N2O10S4/c2-14(4,5)16(3,9,10)1-17(11,12,13)15(6,7)8/h1H2,(H2,2,4,5)(H3,3,9,10)(H,6,7,8)(H2,11,12,13). The first-order valence-corrected chi connectivity index (χ1v) is 11.3. The SMILES string of the molecule is NS(=O)(=O)S(N)(=O)(O)CS(=O)(O)(O)S(=O)(=O)O. The van der Waals surface area contributed by atoms with Gasteiger partial charge in [0, 0.05) is 0 Å². The lowest BCUT2D eigenvalue weighted by molar-refractivity contribution is 0.396. The third-order valence-electron chi connectivity index (χ3n) is 1.34. The predicted octanol–water partition coefficient (Wildman–Crippen LogP) is -3.12. The van der Waals surface area contributed by atoms with Gasteiger partial charge in [0.1, 0.15) is 0 Å². The van der Waals surface area contributed by atoms with Crippen molar-refractivity contribution in [2.75, 3.05) is 5.08 Å². The lowest BCUT2D eigenvalue weighted by atomic mass is 11.9. The first kappa shape index (κ1) is 17.0. The van der Waals surface area contributed by atoms with E-state index in [0.717, 1.165) is 0 Å². The minimum Gasteiger partial charge on any atom is -0.294 e. The molecule has 0 saturated carbocycles. The van der Waals surface area contributed by atoms with Gasteiger partial charge >= 0.3 is 18.2 Å². The van der Waals surface area contributed by atoms with Crippen LogP contribution in [0.5, 0.6) is 0 Å². The average molecular weight is 338 g/mol. The fourth-order valence-electron chi connectivity index (χ4n) is 0.499. The first-order valence-electron chi connectivity index (χ1n) is 3.11. The minimum atomic E-state index is -7.25. The molecule has 0 bridgehead atoms. The Hall–Kier alpha value is -0.0400. The van der Waals surface area contributed by atoms with E-state index < -0.39 is 40.5 Å². The van der Waals surface area contributed by atoms with Crippen molar-refractivity contribution in [3.05, 3.63) is 0 Å². The molecule has 0 rings (SSSR count). The van der Waals surface area contributed by atoms with Gasteiger partial charge in [-0.25, -0.2) is 14.5 Å². The highest BCUT2D eigenvalue weighted by molar-refractivity contribution is 8.85. The Morgan fingerprint density at radius 3 is 1.47 bits per heavy atom. The molecule has 0 spiro atoms. The van der Waals surface area contributed by atoms with Crippen LogP contribution in [0.25, 0.3) is 0 Å². The Balaban J connectivity index is 6.23. The summed E-state index contributed by atoms with van der Waals surface area (Å²) in [4.78, 5) is 0. The smallest absolute Gasteiger partial charge is 0.294 e. The van der Waals surface area contributed by atoms with Crippen molar-refractivity contribution >= 4 is 35.4 Å². The van der Waals surface area contributed by atoms with Gasteiger partial charge in [0.2, 0.25) is 8.66 Å². The van der Waals surface area contributed by atoms with Crippen LogP contribution in [0.4, 0.5) is 0 Å². The molecule has 0 fully saturated rings. The molecule has 0 unspecified atom stereocenters. The van der Waals surface area contributed by atoms with Crippen LogP contribution < -0.4 is 10.3 Å². The summed E-state index contributed by atoms with van der Waals surface area (Å²) in [6, 6.07) is 0. The molecule has 0 aliphatic carbocycles. The summed E-state index contributed by atoms with van der Waals surface area (Å²) in [6.45, 7) is 0. The Morgan fingerprint density at radius 1 is 1.00 bits per heavy atom.